The molecule has 2 aromatic rings. The highest BCUT2D eigenvalue weighted by Crippen LogP contribution is 2.27. The fraction of sp³-hybridized carbons (Fsp3) is 0.222. The molecule has 8 heteroatoms. The molecule has 0 aliphatic carbocycles. The zero-order valence-electron chi connectivity index (χ0n) is 14.7. The summed E-state index contributed by atoms with van der Waals surface area (Å²) in [7, 11) is -3.67. The maximum Gasteiger partial charge on any atom is 0.260 e. The van der Waals surface area contributed by atoms with Gasteiger partial charge in [0.1, 0.15) is 6.54 Å². The van der Waals surface area contributed by atoms with Crippen molar-refractivity contribution in [3.8, 4) is 0 Å². The predicted octanol–water partition coefficient (Wildman–Crippen LogP) is 2.87. The monoisotopic (exact) mass is 393 g/mol. The Morgan fingerprint density at radius 3 is 2.46 bits per heavy atom. The van der Waals surface area contributed by atoms with Crippen LogP contribution in [0.2, 0.25) is 5.02 Å². The fourth-order valence-electron chi connectivity index (χ4n) is 2.24. The number of amides is 1. The smallest absolute Gasteiger partial charge is 0.260 e. The van der Waals surface area contributed by atoms with Crippen molar-refractivity contribution >= 4 is 39.4 Å². The number of sulfonamides is 1. The van der Waals surface area contributed by atoms with E-state index in [9.17, 15) is 13.2 Å². The van der Waals surface area contributed by atoms with E-state index >= 15 is 0 Å². The van der Waals surface area contributed by atoms with Crippen molar-refractivity contribution in [2.75, 3.05) is 17.1 Å². The topological polar surface area (TPSA) is 78.8 Å². The Labute approximate surface area is 158 Å². The molecule has 0 atom stereocenters. The maximum absolute atomic E-state index is 12.2. The zero-order chi connectivity index (χ0) is 19.3. The number of hydrazone groups is 1. The summed E-state index contributed by atoms with van der Waals surface area (Å²) in [5, 5.41) is 4.29. The van der Waals surface area contributed by atoms with Gasteiger partial charge in [-0.05, 0) is 37.1 Å². The first-order valence-electron chi connectivity index (χ1n) is 7.80. The van der Waals surface area contributed by atoms with E-state index in [-0.39, 0.29) is 0 Å². The first kappa shape index (κ1) is 19.9. The number of hydrogen-bond acceptors (Lipinski definition) is 4. The molecule has 0 radical (unpaired) electrons. The molecule has 6 nitrogen and oxygen atoms in total. The van der Waals surface area contributed by atoms with Gasteiger partial charge in [0.15, 0.2) is 0 Å². The van der Waals surface area contributed by atoms with Gasteiger partial charge in [-0.3, -0.25) is 9.10 Å². The first-order valence-corrected chi connectivity index (χ1v) is 10.0. The lowest BCUT2D eigenvalue weighted by atomic mass is 10.2. The molecule has 2 aromatic carbocycles. The van der Waals surface area contributed by atoms with Crippen molar-refractivity contribution in [1.82, 2.24) is 5.43 Å². The lowest BCUT2D eigenvalue weighted by molar-refractivity contribution is -0.119. The Bertz CT molecular complexity index is 925. The second-order valence-electron chi connectivity index (χ2n) is 5.86. The molecule has 0 unspecified atom stereocenters. The van der Waals surface area contributed by atoms with Crippen molar-refractivity contribution in [2.45, 2.75) is 13.8 Å². The summed E-state index contributed by atoms with van der Waals surface area (Å²) in [4.78, 5) is 12.2. The molecule has 26 heavy (non-hydrogen) atoms. The van der Waals surface area contributed by atoms with Crippen LogP contribution in [0.4, 0.5) is 5.69 Å². The number of aryl methyl sites for hydroxylation is 1. The average Bonchev–Trinajstić information content (AvgIpc) is 2.56. The highest BCUT2D eigenvalue weighted by molar-refractivity contribution is 7.92. The molecule has 1 N–H and O–H groups in total. The molecule has 0 bridgehead atoms. The van der Waals surface area contributed by atoms with Gasteiger partial charge in [-0.2, -0.15) is 5.10 Å². The van der Waals surface area contributed by atoms with Crippen LogP contribution in [0, 0.1) is 13.8 Å². The van der Waals surface area contributed by atoms with Crippen molar-refractivity contribution < 1.29 is 13.2 Å². The molecule has 138 valence electrons. The molecule has 0 aliphatic heterocycles. The lowest BCUT2D eigenvalue weighted by Gasteiger charge is -2.23. The fourth-order valence-corrected chi connectivity index (χ4v) is 3.32. The van der Waals surface area contributed by atoms with Crippen LogP contribution in [0.25, 0.3) is 0 Å². The van der Waals surface area contributed by atoms with Gasteiger partial charge in [-0.15, -0.1) is 0 Å². The molecular formula is C18H20ClN3O3S. The number of nitrogens with zero attached hydrogens (tertiary/aromatic N) is 2. The Morgan fingerprint density at radius 1 is 1.19 bits per heavy atom. The van der Waals surface area contributed by atoms with Gasteiger partial charge in [0, 0.05) is 5.02 Å². The summed E-state index contributed by atoms with van der Waals surface area (Å²) in [5.74, 6) is -0.557. The second-order valence-corrected chi connectivity index (χ2v) is 8.17. The minimum absolute atomic E-state index is 0.359. The SMILES string of the molecule is Cc1ccc(/C=N\NC(=O)CN(c2cccc(Cl)c2C)S(C)(=O)=O)cc1. The molecule has 0 aliphatic rings. The second kappa shape index (κ2) is 8.33. The highest BCUT2D eigenvalue weighted by Gasteiger charge is 2.22. The van der Waals surface area contributed by atoms with E-state index in [1.54, 1.807) is 25.1 Å². The summed E-state index contributed by atoms with van der Waals surface area (Å²) >= 11 is 6.06. The van der Waals surface area contributed by atoms with E-state index < -0.39 is 22.5 Å². The number of hydrogen-bond donors (Lipinski definition) is 1. The van der Waals surface area contributed by atoms with Crippen LogP contribution in [0.3, 0.4) is 0 Å². The molecule has 0 saturated carbocycles. The Hall–Kier alpha value is -2.38. The van der Waals surface area contributed by atoms with Crippen LogP contribution >= 0.6 is 11.6 Å². The standard InChI is InChI=1S/C18H20ClN3O3S/c1-13-7-9-15(10-8-13)11-20-21-18(23)12-22(26(3,24)25)17-6-4-5-16(19)14(17)2/h4-11H,12H2,1-3H3,(H,21,23)/b20-11-. The lowest BCUT2D eigenvalue weighted by Crippen LogP contribution is -2.39. The van der Waals surface area contributed by atoms with Crippen LogP contribution in [0.5, 0.6) is 0 Å². The van der Waals surface area contributed by atoms with Gasteiger partial charge in [0.2, 0.25) is 10.0 Å². The van der Waals surface area contributed by atoms with E-state index in [0.29, 0.717) is 16.3 Å². The van der Waals surface area contributed by atoms with Gasteiger partial charge >= 0.3 is 0 Å². The number of benzene rings is 2. The molecule has 1 amide bonds. The summed E-state index contributed by atoms with van der Waals surface area (Å²) in [6.45, 7) is 3.27. The Kier molecular flexibility index (Phi) is 6.39. The van der Waals surface area contributed by atoms with Gasteiger partial charge in [-0.25, -0.2) is 13.8 Å². The Morgan fingerprint density at radius 2 is 1.85 bits per heavy atom. The minimum Gasteiger partial charge on any atom is -0.271 e. The average molecular weight is 394 g/mol. The van der Waals surface area contributed by atoms with Crippen molar-refractivity contribution in [3.05, 3.63) is 64.2 Å². The third kappa shape index (κ3) is 5.31. The number of carbonyl (C=O) groups excluding carboxylic acids is 1. The van der Waals surface area contributed by atoms with E-state index in [1.807, 2.05) is 31.2 Å². The molecule has 0 aromatic heterocycles. The first-order chi connectivity index (χ1) is 12.2. The molecule has 0 spiro atoms. The third-order valence-corrected chi connectivity index (χ3v) is 5.21. The van der Waals surface area contributed by atoms with Crippen molar-refractivity contribution in [3.63, 3.8) is 0 Å². The van der Waals surface area contributed by atoms with Crippen molar-refractivity contribution in [2.24, 2.45) is 5.10 Å². The third-order valence-electron chi connectivity index (χ3n) is 3.68. The minimum atomic E-state index is -3.67. The summed E-state index contributed by atoms with van der Waals surface area (Å²) < 4.78 is 25.2. The predicted molar refractivity (Wildman–Crippen MR) is 105 cm³/mol. The van der Waals surface area contributed by atoms with Crippen LogP contribution in [-0.4, -0.2) is 33.3 Å². The molecule has 0 fully saturated rings. The van der Waals surface area contributed by atoms with Crippen molar-refractivity contribution in [1.29, 1.82) is 0 Å². The summed E-state index contributed by atoms with van der Waals surface area (Å²) in [6.07, 6.45) is 2.53. The number of carbonyl (C=O) groups is 1. The largest absolute Gasteiger partial charge is 0.271 e. The number of rotatable bonds is 6. The maximum atomic E-state index is 12.2. The quantitative estimate of drug-likeness (QED) is 0.605. The van der Waals surface area contributed by atoms with E-state index in [1.165, 1.54) is 6.21 Å². The van der Waals surface area contributed by atoms with Gasteiger partial charge < -0.3 is 0 Å². The number of nitrogens with one attached hydrogen (secondary N) is 1. The summed E-state index contributed by atoms with van der Waals surface area (Å²) in [6, 6.07) is 12.5. The van der Waals surface area contributed by atoms with Crippen LogP contribution in [0.1, 0.15) is 16.7 Å². The van der Waals surface area contributed by atoms with Crippen LogP contribution in [-0.2, 0) is 14.8 Å². The highest BCUT2D eigenvalue weighted by atomic mass is 35.5. The van der Waals surface area contributed by atoms with Gasteiger partial charge in [0.05, 0.1) is 18.2 Å². The molecule has 2 rings (SSSR count). The van der Waals surface area contributed by atoms with Gasteiger partial charge in [0.25, 0.3) is 5.91 Å². The zero-order valence-corrected chi connectivity index (χ0v) is 16.3. The summed E-state index contributed by atoms with van der Waals surface area (Å²) in [5.41, 5.74) is 5.22. The molecule has 0 saturated heterocycles. The Balaban J connectivity index is 2.12. The normalized spacial score (nSPS) is 11.5. The van der Waals surface area contributed by atoms with E-state index in [0.717, 1.165) is 21.7 Å². The molecular weight excluding hydrogens is 374 g/mol. The molecule has 0 heterocycles. The van der Waals surface area contributed by atoms with E-state index in [2.05, 4.69) is 10.5 Å². The van der Waals surface area contributed by atoms with E-state index in [4.69, 9.17) is 11.6 Å². The van der Waals surface area contributed by atoms with Gasteiger partial charge in [-0.1, -0.05) is 47.5 Å². The number of halogens is 1. The number of anilines is 1. The van der Waals surface area contributed by atoms with Crippen LogP contribution < -0.4 is 9.73 Å². The van der Waals surface area contributed by atoms with Crippen LogP contribution in [0.15, 0.2) is 47.6 Å².